The summed E-state index contributed by atoms with van der Waals surface area (Å²) in [5.41, 5.74) is 3.48. The molecule has 1 amide bonds. The number of aryl methyl sites for hydroxylation is 1. The third-order valence-corrected chi connectivity index (χ3v) is 8.48. The van der Waals surface area contributed by atoms with Gasteiger partial charge in [-0.3, -0.25) is 4.79 Å². The van der Waals surface area contributed by atoms with E-state index in [2.05, 4.69) is 5.32 Å². The van der Waals surface area contributed by atoms with Gasteiger partial charge in [-0.05, 0) is 49.1 Å². The molecule has 3 aromatic rings. The number of sulfonamides is 1. The fraction of sp³-hybridized carbons (Fsp3) is 0.286. The molecule has 8 nitrogen and oxygen atoms in total. The normalized spacial score (nSPS) is 16.8. The van der Waals surface area contributed by atoms with Crippen molar-refractivity contribution in [2.45, 2.75) is 43.2 Å². The molecule has 4 rings (SSSR count). The third kappa shape index (κ3) is 5.84. The number of para-hydroxylation sites is 1. The summed E-state index contributed by atoms with van der Waals surface area (Å²) in [6.45, 7) is 2.07. The van der Waals surface area contributed by atoms with Crippen LogP contribution in [0.1, 0.15) is 24.0 Å². The summed E-state index contributed by atoms with van der Waals surface area (Å²) in [5.74, 6) is -1.06. The number of carboxylic acid groups (broad SMARTS) is 1. The van der Waals surface area contributed by atoms with Gasteiger partial charge in [0, 0.05) is 18.5 Å². The number of rotatable bonds is 9. The van der Waals surface area contributed by atoms with Gasteiger partial charge in [-0.25, -0.2) is 13.2 Å². The van der Waals surface area contributed by atoms with Crippen LogP contribution in [0.4, 0.5) is 0 Å². The van der Waals surface area contributed by atoms with Gasteiger partial charge in [0.1, 0.15) is 17.8 Å². The van der Waals surface area contributed by atoms with Crippen LogP contribution in [0.5, 0.6) is 5.75 Å². The van der Waals surface area contributed by atoms with Crippen LogP contribution >= 0.6 is 0 Å². The minimum Gasteiger partial charge on any atom is -0.496 e. The number of hydrogen-bond donors (Lipinski definition) is 2. The van der Waals surface area contributed by atoms with Crippen LogP contribution in [0.2, 0.25) is 0 Å². The van der Waals surface area contributed by atoms with E-state index in [9.17, 15) is 23.1 Å². The Balaban J connectivity index is 1.47. The van der Waals surface area contributed by atoms with E-state index in [1.807, 2.05) is 55.5 Å². The van der Waals surface area contributed by atoms with Gasteiger partial charge < -0.3 is 15.2 Å². The molecular weight excluding hydrogens is 492 g/mol. The maximum absolute atomic E-state index is 13.2. The zero-order valence-electron chi connectivity index (χ0n) is 20.8. The zero-order chi connectivity index (χ0) is 26.6. The fourth-order valence-electron chi connectivity index (χ4n) is 4.54. The number of benzene rings is 3. The van der Waals surface area contributed by atoms with Crippen LogP contribution in [0.25, 0.3) is 11.1 Å². The van der Waals surface area contributed by atoms with Crippen LogP contribution in [-0.4, -0.2) is 55.4 Å². The van der Waals surface area contributed by atoms with E-state index in [4.69, 9.17) is 4.74 Å². The molecule has 1 saturated heterocycles. The van der Waals surface area contributed by atoms with Crippen LogP contribution in [0.15, 0.2) is 77.7 Å². The van der Waals surface area contributed by atoms with Crippen molar-refractivity contribution in [2.24, 2.45) is 0 Å². The van der Waals surface area contributed by atoms with E-state index in [-0.39, 0.29) is 17.9 Å². The number of hydrogen-bond acceptors (Lipinski definition) is 5. The van der Waals surface area contributed by atoms with Crippen molar-refractivity contribution in [1.29, 1.82) is 0 Å². The van der Waals surface area contributed by atoms with Crippen molar-refractivity contribution in [2.75, 3.05) is 13.7 Å². The van der Waals surface area contributed by atoms with Crippen molar-refractivity contribution >= 4 is 21.9 Å². The number of carbonyl (C=O) groups is 2. The quantitative estimate of drug-likeness (QED) is 0.444. The average molecular weight is 523 g/mol. The molecule has 1 aliphatic heterocycles. The summed E-state index contributed by atoms with van der Waals surface area (Å²) in [7, 11) is -2.28. The molecule has 0 bridgehead atoms. The van der Waals surface area contributed by atoms with Crippen molar-refractivity contribution < 1.29 is 27.9 Å². The second kappa shape index (κ2) is 11.1. The Kier molecular flexibility index (Phi) is 7.94. The first-order chi connectivity index (χ1) is 17.7. The highest BCUT2D eigenvalue weighted by Crippen LogP contribution is 2.30. The third-order valence-electron chi connectivity index (χ3n) is 6.56. The maximum Gasteiger partial charge on any atom is 0.326 e. The Morgan fingerprint density at radius 3 is 2.38 bits per heavy atom. The minimum absolute atomic E-state index is 0.0602. The molecular formula is C28H30N2O6S. The van der Waals surface area contributed by atoms with Gasteiger partial charge in [-0.15, -0.1) is 0 Å². The topological polar surface area (TPSA) is 113 Å². The molecule has 1 aliphatic rings. The highest BCUT2D eigenvalue weighted by atomic mass is 32.2. The van der Waals surface area contributed by atoms with E-state index in [0.717, 1.165) is 28.0 Å². The SMILES string of the molecule is COc1ccccc1-c1ccc(CC(NC(=O)[C@@H]2CCCN2S(=O)(=O)c2ccc(C)cc2)C(=O)O)cc1. The van der Waals surface area contributed by atoms with E-state index >= 15 is 0 Å². The summed E-state index contributed by atoms with van der Waals surface area (Å²) in [6.07, 6.45) is 0.910. The van der Waals surface area contributed by atoms with E-state index < -0.39 is 34.0 Å². The van der Waals surface area contributed by atoms with Crippen LogP contribution in [-0.2, 0) is 26.0 Å². The van der Waals surface area contributed by atoms with Crippen LogP contribution in [0.3, 0.4) is 0 Å². The number of aliphatic carboxylic acids is 1. The first-order valence-corrected chi connectivity index (χ1v) is 13.5. The van der Waals surface area contributed by atoms with Gasteiger partial charge in [0.15, 0.2) is 0 Å². The molecule has 2 atom stereocenters. The van der Waals surface area contributed by atoms with Gasteiger partial charge >= 0.3 is 5.97 Å². The molecule has 37 heavy (non-hydrogen) atoms. The number of amides is 1. The molecule has 9 heteroatoms. The molecule has 0 aliphatic carbocycles. The second-order valence-electron chi connectivity index (χ2n) is 9.09. The molecule has 2 N–H and O–H groups in total. The number of methoxy groups -OCH3 is 1. The van der Waals surface area contributed by atoms with Crippen LogP contribution < -0.4 is 10.1 Å². The summed E-state index contributed by atoms with van der Waals surface area (Å²) in [4.78, 5) is 25.2. The predicted octanol–water partition coefficient (Wildman–Crippen LogP) is 3.64. The number of nitrogens with zero attached hydrogens (tertiary/aromatic N) is 1. The molecule has 1 unspecified atom stereocenters. The molecule has 1 fully saturated rings. The first-order valence-electron chi connectivity index (χ1n) is 12.0. The largest absolute Gasteiger partial charge is 0.496 e. The summed E-state index contributed by atoms with van der Waals surface area (Å²) < 4.78 is 33.0. The second-order valence-corrected chi connectivity index (χ2v) is 11.0. The predicted molar refractivity (Wildman–Crippen MR) is 140 cm³/mol. The Labute approximate surface area is 216 Å². The van der Waals surface area contributed by atoms with Crippen molar-refractivity contribution in [3.63, 3.8) is 0 Å². The van der Waals surface area contributed by atoms with Crippen molar-refractivity contribution in [3.05, 3.63) is 83.9 Å². The Morgan fingerprint density at radius 1 is 1.05 bits per heavy atom. The van der Waals surface area contributed by atoms with Crippen LogP contribution in [0, 0.1) is 6.92 Å². The Bertz CT molecular complexity index is 1370. The molecule has 194 valence electrons. The zero-order valence-corrected chi connectivity index (χ0v) is 21.6. The standard InChI is InChI=1S/C28H30N2O6S/c1-19-9-15-22(16-10-19)37(34,35)30-17-5-7-25(30)27(31)29-24(28(32)33)18-20-11-13-21(14-12-20)23-6-3-4-8-26(23)36-2/h3-4,6,8-16,24-25H,5,7,17-18H2,1-2H3,(H,29,31)(H,32,33)/t24?,25-/m0/s1. The number of carboxylic acids is 1. The Hall–Kier alpha value is -3.69. The van der Waals surface area contributed by atoms with E-state index in [1.165, 1.54) is 16.4 Å². The lowest BCUT2D eigenvalue weighted by atomic mass is 10.00. The summed E-state index contributed by atoms with van der Waals surface area (Å²) in [6, 6.07) is 19.3. The van der Waals surface area contributed by atoms with Gasteiger partial charge in [0.05, 0.1) is 12.0 Å². The lowest BCUT2D eigenvalue weighted by Crippen LogP contribution is -2.51. The molecule has 0 saturated carbocycles. The summed E-state index contributed by atoms with van der Waals surface area (Å²) >= 11 is 0. The highest BCUT2D eigenvalue weighted by Gasteiger charge is 2.40. The first kappa shape index (κ1) is 26.4. The van der Waals surface area contributed by atoms with E-state index in [1.54, 1.807) is 19.2 Å². The maximum atomic E-state index is 13.2. The smallest absolute Gasteiger partial charge is 0.326 e. The fourth-order valence-corrected chi connectivity index (χ4v) is 6.20. The van der Waals surface area contributed by atoms with Crippen molar-refractivity contribution in [3.8, 4) is 16.9 Å². The van der Waals surface area contributed by atoms with Gasteiger partial charge in [0.25, 0.3) is 0 Å². The molecule has 1 heterocycles. The number of carbonyl (C=O) groups excluding carboxylic acids is 1. The summed E-state index contributed by atoms with van der Waals surface area (Å²) in [5, 5.41) is 12.4. The van der Waals surface area contributed by atoms with E-state index in [0.29, 0.717) is 12.8 Å². The van der Waals surface area contributed by atoms with Crippen molar-refractivity contribution in [1.82, 2.24) is 9.62 Å². The number of ether oxygens (including phenoxy) is 1. The minimum atomic E-state index is -3.89. The van der Waals surface area contributed by atoms with Gasteiger partial charge in [-0.1, -0.05) is 60.2 Å². The lowest BCUT2D eigenvalue weighted by molar-refractivity contribution is -0.142. The highest BCUT2D eigenvalue weighted by molar-refractivity contribution is 7.89. The monoisotopic (exact) mass is 522 g/mol. The molecule has 3 aromatic carbocycles. The molecule has 0 aromatic heterocycles. The van der Waals surface area contributed by atoms with Gasteiger partial charge in [-0.2, -0.15) is 4.31 Å². The lowest BCUT2D eigenvalue weighted by Gasteiger charge is -2.25. The van der Waals surface area contributed by atoms with Gasteiger partial charge in [0.2, 0.25) is 15.9 Å². The molecule has 0 spiro atoms. The Morgan fingerprint density at radius 2 is 1.73 bits per heavy atom. The number of nitrogens with one attached hydrogen (secondary N) is 1. The molecule has 0 radical (unpaired) electrons. The average Bonchev–Trinajstić information content (AvgIpc) is 3.40.